The number of imidazole rings is 1. The van der Waals surface area contributed by atoms with E-state index in [9.17, 15) is 37.7 Å². The number of rotatable bonds is 9. The normalized spacial score (nSPS) is 17.5. The molecule has 1 saturated carbocycles. The first kappa shape index (κ1) is 33.0. The lowest BCUT2D eigenvalue weighted by Gasteiger charge is -2.27. The highest BCUT2D eigenvalue weighted by Crippen LogP contribution is 2.37. The number of benzene rings is 2. The van der Waals surface area contributed by atoms with E-state index in [1.54, 1.807) is 16.7 Å². The number of alkyl halides is 3. The first-order valence-corrected chi connectivity index (χ1v) is 15.7. The number of aryl methyl sites for hydroxylation is 1. The molecule has 0 radical (unpaired) electrons. The lowest BCUT2D eigenvalue weighted by molar-refractivity contribution is -0.384. The van der Waals surface area contributed by atoms with Gasteiger partial charge in [-0.2, -0.15) is 13.2 Å². The number of hydrogen-bond donors (Lipinski definition) is 1. The van der Waals surface area contributed by atoms with E-state index in [-0.39, 0.29) is 34.1 Å². The zero-order chi connectivity index (χ0) is 34.3. The largest absolute Gasteiger partial charge is 0.491 e. The van der Waals surface area contributed by atoms with E-state index >= 15 is 0 Å². The molecule has 0 amide bonds. The molecule has 0 saturated heterocycles. The minimum atomic E-state index is -5.52. The van der Waals surface area contributed by atoms with Gasteiger partial charge in [0.1, 0.15) is 5.52 Å². The number of esters is 1. The summed E-state index contributed by atoms with van der Waals surface area (Å²) >= 11 is 1.43. The van der Waals surface area contributed by atoms with Crippen LogP contribution in [0.3, 0.4) is 0 Å². The van der Waals surface area contributed by atoms with E-state index in [4.69, 9.17) is 14.9 Å². The van der Waals surface area contributed by atoms with Gasteiger partial charge in [-0.05, 0) is 49.8 Å². The van der Waals surface area contributed by atoms with E-state index in [0.717, 1.165) is 54.0 Å². The third kappa shape index (κ3) is 6.32. The average Bonchev–Trinajstić information content (AvgIpc) is 3.65. The number of carbonyl (C=O) groups excluding carboxylic acids is 1. The number of nitro groups is 1. The van der Waals surface area contributed by atoms with E-state index < -0.39 is 46.1 Å². The molecule has 3 heterocycles. The Kier molecular flexibility index (Phi) is 8.86. The smallest absolute Gasteiger partial charge is 0.435 e. The van der Waals surface area contributed by atoms with Crippen LogP contribution in [0.2, 0.25) is 0 Å². The van der Waals surface area contributed by atoms with Crippen molar-refractivity contribution in [3.63, 3.8) is 0 Å². The van der Waals surface area contributed by atoms with Gasteiger partial charge in [0, 0.05) is 24.4 Å². The Morgan fingerprint density at radius 2 is 1.85 bits per heavy atom. The van der Waals surface area contributed by atoms with E-state index in [1.807, 2.05) is 18.2 Å². The quantitative estimate of drug-likeness (QED) is 0.133. The zero-order valence-electron chi connectivity index (χ0n) is 25.3. The Labute approximate surface area is 272 Å². The Hall–Kier alpha value is -4.97. The van der Waals surface area contributed by atoms with Crippen LogP contribution >= 0.6 is 11.8 Å². The van der Waals surface area contributed by atoms with Crippen molar-refractivity contribution in [2.75, 3.05) is 6.54 Å². The number of thioether (sulfide) groups is 1. The molecule has 1 atom stereocenters. The molecule has 2 N–H and O–H groups in total. The van der Waals surface area contributed by atoms with Crippen molar-refractivity contribution in [3.8, 4) is 0 Å². The second kappa shape index (κ2) is 12.9. The summed E-state index contributed by atoms with van der Waals surface area (Å²) in [6, 6.07) is 12.2. The lowest BCUT2D eigenvalue weighted by atomic mass is 9.89. The van der Waals surface area contributed by atoms with E-state index in [0.29, 0.717) is 22.2 Å². The lowest BCUT2D eigenvalue weighted by Crippen LogP contribution is -2.44. The number of fused-ring (bicyclic) bond motifs is 2. The zero-order valence-corrected chi connectivity index (χ0v) is 26.1. The third-order valence-electron chi connectivity index (χ3n) is 8.22. The van der Waals surface area contributed by atoms with Crippen molar-refractivity contribution in [2.24, 2.45) is 18.7 Å². The van der Waals surface area contributed by atoms with Gasteiger partial charge in [0.25, 0.3) is 23.4 Å². The van der Waals surface area contributed by atoms with Crippen LogP contribution in [0.4, 0.5) is 18.9 Å². The predicted molar refractivity (Wildman–Crippen MR) is 166 cm³/mol. The molecule has 252 valence electrons. The molecule has 0 bridgehead atoms. The van der Waals surface area contributed by atoms with Crippen LogP contribution in [0.5, 0.6) is 0 Å². The predicted octanol–water partition coefficient (Wildman–Crippen LogP) is 4.26. The summed E-state index contributed by atoms with van der Waals surface area (Å²) in [7, 11) is 1.28. The molecule has 3 aromatic heterocycles. The number of halogens is 3. The van der Waals surface area contributed by atoms with Gasteiger partial charge in [-0.15, -0.1) is 0 Å². The Bertz CT molecular complexity index is 2130. The maximum atomic E-state index is 14.3. The van der Waals surface area contributed by atoms with Gasteiger partial charge in [-0.1, -0.05) is 42.1 Å². The third-order valence-corrected chi connectivity index (χ3v) is 9.55. The number of nitrogens with zero attached hydrogens (tertiary/aromatic N) is 6. The van der Waals surface area contributed by atoms with Crippen LogP contribution in [0.15, 0.2) is 67.7 Å². The number of nitrogens with two attached hydrogens (primary N) is 1. The van der Waals surface area contributed by atoms with Crippen LogP contribution in [0.25, 0.3) is 22.3 Å². The fraction of sp³-hybridized carbons (Fsp3) is 0.367. The van der Waals surface area contributed by atoms with E-state index in [1.165, 1.54) is 18.8 Å². The molecule has 2 aromatic carbocycles. The standard InChI is InChI=1S/C30H28F3N7O7S/c1-37-23-22(38(15-17-5-3-2-4-6-17)28(36-23)48-19-10-7-16(14-34)8-11-19)25(41)39(29(37)43)26(47-27(42)30(31,32)33)24-35-20-13-18(40(44)45)9-12-21(20)46-24/h2-6,9,12-13,16,19,26H,7-8,10-11,14-15,34H2,1H3. The van der Waals surface area contributed by atoms with Crippen molar-refractivity contribution in [1.29, 1.82) is 0 Å². The fourth-order valence-electron chi connectivity index (χ4n) is 5.70. The van der Waals surface area contributed by atoms with Gasteiger partial charge in [0.2, 0.25) is 0 Å². The molecule has 14 nitrogen and oxygen atoms in total. The summed E-state index contributed by atoms with van der Waals surface area (Å²) in [5.41, 5.74) is 3.43. The number of carbonyl (C=O) groups is 1. The van der Waals surface area contributed by atoms with E-state index in [2.05, 4.69) is 9.97 Å². The Morgan fingerprint density at radius 3 is 2.50 bits per heavy atom. The molecule has 1 unspecified atom stereocenters. The highest BCUT2D eigenvalue weighted by Gasteiger charge is 2.44. The first-order chi connectivity index (χ1) is 22.8. The van der Waals surface area contributed by atoms with Gasteiger partial charge in [0.05, 0.1) is 11.5 Å². The minimum absolute atomic E-state index is 0.0376. The number of hydrogen-bond acceptors (Lipinski definition) is 11. The summed E-state index contributed by atoms with van der Waals surface area (Å²) < 4.78 is 53.6. The minimum Gasteiger partial charge on any atom is -0.435 e. The summed E-state index contributed by atoms with van der Waals surface area (Å²) in [6.07, 6.45) is -4.45. The molecule has 48 heavy (non-hydrogen) atoms. The molecule has 18 heteroatoms. The molecule has 1 aliphatic rings. The Morgan fingerprint density at radius 1 is 1.15 bits per heavy atom. The number of oxazole rings is 1. The maximum absolute atomic E-state index is 14.3. The second-order valence-electron chi connectivity index (χ2n) is 11.4. The van der Waals surface area contributed by atoms with Crippen LogP contribution in [0.1, 0.15) is 43.4 Å². The summed E-state index contributed by atoms with van der Waals surface area (Å²) in [4.78, 5) is 59.5. The van der Waals surface area contributed by atoms with Crippen LogP contribution in [-0.4, -0.2) is 52.5 Å². The average molecular weight is 688 g/mol. The van der Waals surface area contributed by atoms with Gasteiger partial charge in [-0.25, -0.2) is 24.1 Å². The van der Waals surface area contributed by atoms with Crippen molar-refractivity contribution < 1.29 is 32.0 Å². The molecule has 1 fully saturated rings. The van der Waals surface area contributed by atoms with Crippen LogP contribution in [0, 0.1) is 16.0 Å². The molecule has 0 spiro atoms. The first-order valence-electron chi connectivity index (χ1n) is 14.8. The molecule has 0 aliphatic heterocycles. The molecular formula is C30H28F3N7O7S. The Balaban J connectivity index is 1.55. The fourth-order valence-corrected chi connectivity index (χ4v) is 6.93. The van der Waals surface area contributed by atoms with Crippen molar-refractivity contribution in [3.05, 3.63) is 90.9 Å². The van der Waals surface area contributed by atoms with Gasteiger partial charge < -0.3 is 19.5 Å². The number of nitro benzene ring substituents is 1. The van der Waals surface area contributed by atoms with Crippen molar-refractivity contribution in [2.45, 2.75) is 55.0 Å². The van der Waals surface area contributed by atoms with Crippen molar-refractivity contribution >= 4 is 45.7 Å². The number of ether oxygens (including phenoxy) is 1. The van der Waals surface area contributed by atoms with Gasteiger partial charge in [0.15, 0.2) is 21.9 Å². The van der Waals surface area contributed by atoms with Gasteiger partial charge >= 0.3 is 17.8 Å². The highest BCUT2D eigenvalue weighted by atomic mass is 32.2. The number of non-ortho nitro benzene ring substituents is 1. The second-order valence-corrected chi connectivity index (χ2v) is 12.6. The summed E-state index contributed by atoms with van der Waals surface area (Å²) in [5, 5.41) is 11.8. The molecule has 6 rings (SSSR count). The highest BCUT2D eigenvalue weighted by molar-refractivity contribution is 7.99. The maximum Gasteiger partial charge on any atom is 0.491 e. The van der Waals surface area contributed by atoms with Crippen molar-refractivity contribution in [1.82, 2.24) is 23.7 Å². The summed E-state index contributed by atoms with van der Waals surface area (Å²) in [5.74, 6) is -3.11. The topological polar surface area (TPSA) is 183 Å². The van der Waals surface area contributed by atoms with Gasteiger partial charge in [-0.3, -0.25) is 19.5 Å². The number of aromatic nitrogens is 5. The van der Waals surface area contributed by atoms with Crippen LogP contribution in [-0.2, 0) is 23.1 Å². The SMILES string of the molecule is Cn1c(=O)n(C(OC(=O)C(F)(F)F)c2nc3cc([N+](=O)[O-])ccc3o2)c(=O)c2c1nc(SC1CCC(CN)CC1)n2Cc1ccccc1. The molecular weight excluding hydrogens is 659 g/mol. The molecule has 1 aliphatic carbocycles. The summed E-state index contributed by atoms with van der Waals surface area (Å²) in [6.45, 7) is 0.702. The monoisotopic (exact) mass is 687 g/mol. The molecule has 5 aromatic rings. The van der Waals surface area contributed by atoms with Crippen LogP contribution < -0.4 is 17.0 Å².